The van der Waals surface area contributed by atoms with Crippen molar-refractivity contribution < 1.29 is 13.2 Å². The van der Waals surface area contributed by atoms with Crippen molar-refractivity contribution in [3.63, 3.8) is 0 Å². The molecule has 19 heavy (non-hydrogen) atoms. The molecule has 2 atom stereocenters. The van der Waals surface area contributed by atoms with E-state index < -0.39 is 10.0 Å². The summed E-state index contributed by atoms with van der Waals surface area (Å²) in [4.78, 5) is 0. The molecule has 2 unspecified atom stereocenters. The molecule has 1 saturated carbocycles. The topological polar surface area (TPSA) is 81.4 Å². The van der Waals surface area contributed by atoms with Crippen molar-refractivity contribution in [3.8, 4) is 0 Å². The smallest absolute Gasteiger partial charge is 0.250 e. The van der Waals surface area contributed by atoms with Gasteiger partial charge in [0, 0.05) is 13.2 Å². The van der Waals surface area contributed by atoms with Crippen molar-refractivity contribution in [2.75, 3.05) is 6.61 Å². The first-order valence-electron chi connectivity index (χ1n) is 6.51. The van der Waals surface area contributed by atoms with Crippen molar-refractivity contribution in [2.45, 2.75) is 42.2 Å². The Hall–Kier alpha value is -0.470. The minimum absolute atomic E-state index is 0.0590. The highest BCUT2D eigenvalue weighted by atomic mass is 32.2. The molecule has 2 heterocycles. The van der Waals surface area contributed by atoms with Crippen LogP contribution in [-0.2, 0) is 21.3 Å². The molecule has 1 saturated heterocycles. The maximum atomic E-state index is 12.3. The zero-order valence-electron chi connectivity index (χ0n) is 10.5. The van der Waals surface area contributed by atoms with E-state index in [2.05, 4.69) is 4.72 Å². The summed E-state index contributed by atoms with van der Waals surface area (Å²) in [5, 5.41) is 1.79. The predicted molar refractivity (Wildman–Crippen MR) is 73.4 cm³/mol. The maximum absolute atomic E-state index is 12.3. The van der Waals surface area contributed by atoms with E-state index in [4.69, 9.17) is 10.5 Å². The van der Waals surface area contributed by atoms with Gasteiger partial charge in [0.25, 0.3) is 0 Å². The minimum Gasteiger partial charge on any atom is -0.376 e. The number of thiophene rings is 1. The number of nitrogens with two attached hydrogens (primary N) is 1. The summed E-state index contributed by atoms with van der Waals surface area (Å²) in [6.45, 7) is 1.01. The van der Waals surface area contributed by atoms with Crippen LogP contribution >= 0.6 is 11.3 Å². The van der Waals surface area contributed by atoms with E-state index in [1.165, 1.54) is 11.3 Å². The fourth-order valence-corrected chi connectivity index (χ4v) is 5.01. The van der Waals surface area contributed by atoms with Gasteiger partial charge in [0.1, 0.15) is 4.21 Å². The maximum Gasteiger partial charge on any atom is 0.250 e. The van der Waals surface area contributed by atoms with Crippen LogP contribution < -0.4 is 10.5 Å². The molecule has 106 valence electrons. The van der Waals surface area contributed by atoms with Gasteiger partial charge < -0.3 is 10.5 Å². The summed E-state index contributed by atoms with van der Waals surface area (Å²) in [6.07, 6.45) is 3.12. The summed E-state index contributed by atoms with van der Waals surface area (Å²) < 4.78 is 33.4. The number of hydrogen-bond acceptors (Lipinski definition) is 5. The van der Waals surface area contributed by atoms with E-state index in [1.54, 1.807) is 11.4 Å². The lowest BCUT2D eigenvalue weighted by Gasteiger charge is -2.18. The van der Waals surface area contributed by atoms with E-state index in [9.17, 15) is 8.42 Å². The van der Waals surface area contributed by atoms with Gasteiger partial charge in [-0.1, -0.05) is 0 Å². The Morgan fingerprint density at radius 1 is 1.42 bits per heavy atom. The third kappa shape index (κ3) is 2.85. The largest absolute Gasteiger partial charge is 0.376 e. The number of hydrogen-bond donors (Lipinski definition) is 2. The molecule has 3 N–H and O–H groups in total. The van der Waals surface area contributed by atoms with Gasteiger partial charge in [0.2, 0.25) is 10.0 Å². The fourth-order valence-electron chi connectivity index (χ4n) is 2.49. The van der Waals surface area contributed by atoms with E-state index in [0.717, 1.165) is 24.8 Å². The lowest BCUT2D eigenvalue weighted by molar-refractivity contribution is 0.0848. The molecule has 0 spiro atoms. The van der Waals surface area contributed by atoms with Gasteiger partial charge in [-0.2, -0.15) is 0 Å². The first-order chi connectivity index (χ1) is 9.10. The Bertz CT molecular complexity index is 551. The highest BCUT2D eigenvalue weighted by molar-refractivity contribution is 7.91. The molecule has 2 aliphatic rings. The van der Waals surface area contributed by atoms with Gasteiger partial charge in [-0.25, -0.2) is 13.1 Å². The van der Waals surface area contributed by atoms with Crippen molar-refractivity contribution >= 4 is 21.4 Å². The Morgan fingerprint density at radius 2 is 2.21 bits per heavy atom. The lowest BCUT2D eigenvalue weighted by Crippen LogP contribution is -2.41. The molecule has 1 aliphatic heterocycles. The molecule has 1 aromatic rings. The first kappa shape index (κ1) is 13.5. The summed E-state index contributed by atoms with van der Waals surface area (Å²) in [7, 11) is -3.44. The third-order valence-corrected chi connectivity index (χ3v) is 6.64. The van der Waals surface area contributed by atoms with Gasteiger partial charge in [-0.05, 0) is 42.2 Å². The number of nitrogens with one attached hydrogen (secondary N) is 1. The SMILES string of the molecule is NCc1csc(S(=O)(=O)NC2CCOC2C2CC2)c1. The van der Waals surface area contributed by atoms with Gasteiger partial charge >= 0.3 is 0 Å². The average Bonchev–Trinajstić information content (AvgIpc) is 2.92. The van der Waals surface area contributed by atoms with E-state index in [-0.39, 0.29) is 12.1 Å². The van der Waals surface area contributed by atoms with Gasteiger partial charge in [-0.3, -0.25) is 0 Å². The van der Waals surface area contributed by atoms with E-state index in [1.807, 2.05) is 0 Å². The standard InChI is InChI=1S/C12H18N2O3S2/c13-6-8-5-11(18-7-8)19(15,16)14-10-3-4-17-12(10)9-1-2-9/h5,7,9-10,12,14H,1-4,6,13H2. The van der Waals surface area contributed by atoms with E-state index >= 15 is 0 Å². The number of sulfonamides is 1. The summed E-state index contributed by atoms with van der Waals surface area (Å²) in [5.74, 6) is 0.540. The van der Waals surface area contributed by atoms with Crippen molar-refractivity contribution in [1.29, 1.82) is 0 Å². The molecule has 3 rings (SSSR count). The Labute approximate surface area is 117 Å². The highest BCUT2D eigenvalue weighted by Crippen LogP contribution is 2.39. The molecule has 2 fully saturated rings. The molecule has 1 aromatic heterocycles. The van der Waals surface area contributed by atoms with Crippen LogP contribution in [0.5, 0.6) is 0 Å². The van der Waals surface area contributed by atoms with Gasteiger partial charge in [-0.15, -0.1) is 11.3 Å². The molecule has 0 amide bonds. The second-order valence-corrected chi connectivity index (χ2v) is 8.02. The quantitative estimate of drug-likeness (QED) is 0.852. The van der Waals surface area contributed by atoms with Crippen LogP contribution in [0.2, 0.25) is 0 Å². The first-order valence-corrected chi connectivity index (χ1v) is 8.88. The molecule has 7 heteroatoms. The summed E-state index contributed by atoms with van der Waals surface area (Å²) in [6, 6.07) is 1.57. The number of ether oxygens (including phenoxy) is 1. The molecule has 0 bridgehead atoms. The molecular weight excluding hydrogens is 284 g/mol. The molecular formula is C12H18N2O3S2. The van der Waals surface area contributed by atoms with Crippen LogP contribution in [0.4, 0.5) is 0 Å². The van der Waals surface area contributed by atoms with Crippen molar-refractivity contribution in [3.05, 3.63) is 17.0 Å². The second kappa shape index (κ2) is 5.14. The molecule has 0 radical (unpaired) electrons. The third-order valence-electron chi connectivity index (χ3n) is 3.66. The van der Waals surface area contributed by atoms with Crippen LogP contribution in [0.25, 0.3) is 0 Å². The molecule has 5 nitrogen and oxygen atoms in total. The predicted octanol–water partition coefficient (Wildman–Crippen LogP) is 1.05. The molecule has 0 aromatic carbocycles. The van der Waals surface area contributed by atoms with Gasteiger partial charge in [0.05, 0.1) is 12.1 Å². The summed E-state index contributed by atoms with van der Waals surface area (Å²) >= 11 is 1.22. The van der Waals surface area contributed by atoms with Crippen LogP contribution in [0, 0.1) is 5.92 Å². The molecule has 1 aliphatic carbocycles. The Kier molecular flexibility index (Phi) is 3.65. The fraction of sp³-hybridized carbons (Fsp3) is 0.667. The second-order valence-electron chi connectivity index (χ2n) is 5.17. The highest BCUT2D eigenvalue weighted by Gasteiger charge is 2.42. The van der Waals surface area contributed by atoms with Crippen LogP contribution in [0.15, 0.2) is 15.7 Å². The van der Waals surface area contributed by atoms with Crippen molar-refractivity contribution in [1.82, 2.24) is 4.72 Å². The monoisotopic (exact) mass is 302 g/mol. The summed E-state index contributed by atoms with van der Waals surface area (Å²) in [5.41, 5.74) is 6.37. The van der Waals surface area contributed by atoms with Crippen LogP contribution in [0.3, 0.4) is 0 Å². The van der Waals surface area contributed by atoms with Crippen LogP contribution in [0.1, 0.15) is 24.8 Å². The zero-order valence-corrected chi connectivity index (χ0v) is 12.2. The van der Waals surface area contributed by atoms with Gasteiger partial charge in [0.15, 0.2) is 0 Å². The number of rotatable bonds is 5. The Balaban J connectivity index is 1.73. The zero-order chi connectivity index (χ0) is 13.5. The Morgan fingerprint density at radius 3 is 2.84 bits per heavy atom. The minimum atomic E-state index is -3.44. The average molecular weight is 302 g/mol. The van der Waals surface area contributed by atoms with Crippen molar-refractivity contribution in [2.24, 2.45) is 11.7 Å². The normalized spacial score (nSPS) is 27.8. The van der Waals surface area contributed by atoms with Crippen LogP contribution in [-0.4, -0.2) is 27.2 Å². The van der Waals surface area contributed by atoms with E-state index in [0.29, 0.717) is 23.3 Å². The lowest BCUT2D eigenvalue weighted by atomic mass is 10.1.